The van der Waals surface area contributed by atoms with Gasteiger partial charge in [0.25, 0.3) is 0 Å². The molecule has 3 aromatic rings. The highest BCUT2D eigenvalue weighted by atomic mass is 16.1. The van der Waals surface area contributed by atoms with Gasteiger partial charge in [-0.05, 0) is 31.2 Å². The van der Waals surface area contributed by atoms with E-state index in [1.807, 2.05) is 30.3 Å². The number of hydrogen-bond donors (Lipinski definition) is 2. The summed E-state index contributed by atoms with van der Waals surface area (Å²) in [5.41, 5.74) is 2.28. The topological polar surface area (TPSA) is 92.7 Å². The third kappa shape index (κ3) is 4.10. The fourth-order valence-electron chi connectivity index (χ4n) is 2.07. The molecule has 0 bridgehead atoms. The maximum absolute atomic E-state index is 11.4. The highest BCUT2D eigenvalue weighted by Gasteiger charge is 2.04. The summed E-state index contributed by atoms with van der Waals surface area (Å²) in [4.78, 5) is 20.0. The first-order chi connectivity index (χ1) is 11.7. The number of aromatic nitrogens is 4. The lowest BCUT2D eigenvalue weighted by Gasteiger charge is -2.08. The van der Waals surface area contributed by atoms with Crippen molar-refractivity contribution in [3.63, 3.8) is 0 Å². The summed E-state index contributed by atoms with van der Waals surface area (Å²) < 4.78 is 0. The van der Waals surface area contributed by atoms with Crippen LogP contribution in [0.15, 0.2) is 54.9 Å². The van der Waals surface area contributed by atoms with Gasteiger partial charge in [0.15, 0.2) is 11.6 Å². The molecule has 0 spiro atoms. The van der Waals surface area contributed by atoms with E-state index in [1.54, 1.807) is 18.3 Å². The number of Topliss-reactive ketones (excluding diaryl/α,β-unsaturated/α-hetero) is 1. The lowest BCUT2D eigenvalue weighted by atomic mass is 10.1. The maximum atomic E-state index is 11.4. The van der Waals surface area contributed by atoms with Crippen LogP contribution in [0.25, 0.3) is 0 Å². The standard InChI is InChI=1S/C17H16N6O/c1-12(24)13-5-4-7-14(9-13)21-16-11-20-23-17(22-16)19-10-15-6-2-3-8-18-15/h2-9,11H,10H2,1H3,(H2,19,21,22,23). The molecule has 0 amide bonds. The Hall–Kier alpha value is -3.35. The number of pyridine rings is 1. The van der Waals surface area contributed by atoms with Crippen molar-refractivity contribution < 1.29 is 4.79 Å². The third-order valence-electron chi connectivity index (χ3n) is 3.25. The molecular formula is C17H16N6O. The first kappa shape index (κ1) is 15.5. The van der Waals surface area contributed by atoms with Gasteiger partial charge in [-0.3, -0.25) is 9.78 Å². The van der Waals surface area contributed by atoms with Crippen LogP contribution in [0.2, 0.25) is 0 Å². The Morgan fingerprint density at radius 2 is 2.08 bits per heavy atom. The molecule has 0 saturated heterocycles. The SMILES string of the molecule is CC(=O)c1cccc(Nc2cnnc(NCc3ccccn3)n2)c1. The number of nitrogens with one attached hydrogen (secondary N) is 2. The number of anilines is 3. The van der Waals surface area contributed by atoms with Crippen molar-refractivity contribution in [1.29, 1.82) is 0 Å². The zero-order valence-corrected chi connectivity index (χ0v) is 13.1. The van der Waals surface area contributed by atoms with Crippen LogP contribution in [0.1, 0.15) is 23.0 Å². The molecular weight excluding hydrogens is 304 g/mol. The molecule has 2 aromatic heterocycles. The minimum absolute atomic E-state index is 0.0113. The average Bonchev–Trinajstić information content (AvgIpc) is 2.61. The maximum Gasteiger partial charge on any atom is 0.245 e. The smallest absolute Gasteiger partial charge is 0.245 e. The normalized spacial score (nSPS) is 10.2. The number of carbonyl (C=O) groups is 1. The summed E-state index contributed by atoms with van der Waals surface area (Å²) in [7, 11) is 0. The zero-order chi connectivity index (χ0) is 16.8. The Morgan fingerprint density at radius 1 is 1.17 bits per heavy atom. The molecule has 2 heterocycles. The Kier molecular flexibility index (Phi) is 4.71. The monoisotopic (exact) mass is 320 g/mol. The van der Waals surface area contributed by atoms with Gasteiger partial charge in [-0.2, -0.15) is 10.1 Å². The number of rotatable bonds is 6. The van der Waals surface area contributed by atoms with Crippen molar-refractivity contribution in [3.8, 4) is 0 Å². The van der Waals surface area contributed by atoms with Crippen LogP contribution in [-0.4, -0.2) is 25.9 Å². The van der Waals surface area contributed by atoms with Crippen LogP contribution in [0, 0.1) is 0 Å². The number of ketones is 1. The fraction of sp³-hybridized carbons (Fsp3) is 0.118. The molecule has 24 heavy (non-hydrogen) atoms. The van der Waals surface area contributed by atoms with E-state index in [0.717, 1.165) is 11.4 Å². The molecule has 0 radical (unpaired) electrons. The molecule has 0 saturated carbocycles. The van der Waals surface area contributed by atoms with E-state index < -0.39 is 0 Å². The van der Waals surface area contributed by atoms with E-state index in [4.69, 9.17) is 0 Å². The minimum Gasteiger partial charge on any atom is -0.347 e. The summed E-state index contributed by atoms with van der Waals surface area (Å²) in [6.45, 7) is 2.04. The van der Waals surface area contributed by atoms with Crippen molar-refractivity contribution >= 4 is 23.2 Å². The van der Waals surface area contributed by atoms with Gasteiger partial charge in [-0.15, -0.1) is 5.10 Å². The second kappa shape index (κ2) is 7.28. The van der Waals surface area contributed by atoms with Crippen LogP contribution in [0.5, 0.6) is 0 Å². The molecule has 0 atom stereocenters. The van der Waals surface area contributed by atoms with Crippen LogP contribution in [-0.2, 0) is 6.54 Å². The summed E-state index contributed by atoms with van der Waals surface area (Å²) in [6, 6.07) is 12.9. The fourth-order valence-corrected chi connectivity index (χ4v) is 2.07. The Bertz CT molecular complexity index is 837. The predicted octanol–water partition coefficient (Wildman–Crippen LogP) is 2.82. The van der Waals surface area contributed by atoms with Crippen LogP contribution in [0.3, 0.4) is 0 Å². The lowest BCUT2D eigenvalue weighted by molar-refractivity contribution is 0.101. The highest BCUT2D eigenvalue weighted by molar-refractivity contribution is 5.95. The molecule has 2 N–H and O–H groups in total. The van der Waals surface area contributed by atoms with Crippen molar-refractivity contribution in [2.24, 2.45) is 0 Å². The number of hydrogen-bond acceptors (Lipinski definition) is 7. The van der Waals surface area contributed by atoms with Gasteiger partial charge in [0, 0.05) is 17.4 Å². The Balaban J connectivity index is 1.69. The highest BCUT2D eigenvalue weighted by Crippen LogP contribution is 2.16. The second-order valence-corrected chi connectivity index (χ2v) is 5.10. The lowest BCUT2D eigenvalue weighted by Crippen LogP contribution is -2.07. The van der Waals surface area contributed by atoms with E-state index in [0.29, 0.717) is 23.9 Å². The van der Waals surface area contributed by atoms with Crippen LogP contribution >= 0.6 is 0 Å². The second-order valence-electron chi connectivity index (χ2n) is 5.10. The van der Waals surface area contributed by atoms with Crippen molar-refractivity contribution in [1.82, 2.24) is 20.2 Å². The molecule has 0 aliphatic rings. The van der Waals surface area contributed by atoms with Gasteiger partial charge in [0.2, 0.25) is 5.95 Å². The number of nitrogens with zero attached hydrogens (tertiary/aromatic N) is 4. The van der Waals surface area contributed by atoms with E-state index in [1.165, 1.54) is 13.1 Å². The molecule has 0 aliphatic carbocycles. The van der Waals surface area contributed by atoms with Gasteiger partial charge >= 0.3 is 0 Å². The molecule has 0 fully saturated rings. The third-order valence-corrected chi connectivity index (χ3v) is 3.25. The molecule has 3 rings (SSSR count). The van der Waals surface area contributed by atoms with E-state index in [2.05, 4.69) is 30.8 Å². The van der Waals surface area contributed by atoms with E-state index in [9.17, 15) is 4.79 Å². The van der Waals surface area contributed by atoms with Gasteiger partial charge in [0.05, 0.1) is 18.4 Å². The Morgan fingerprint density at radius 3 is 2.88 bits per heavy atom. The molecule has 1 aromatic carbocycles. The van der Waals surface area contributed by atoms with Gasteiger partial charge in [-0.25, -0.2) is 0 Å². The number of carbonyl (C=O) groups excluding carboxylic acids is 1. The molecule has 0 unspecified atom stereocenters. The Labute approximate surface area is 139 Å². The molecule has 120 valence electrons. The van der Waals surface area contributed by atoms with Crippen LogP contribution in [0.4, 0.5) is 17.5 Å². The van der Waals surface area contributed by atoms with Crippen LogP contribution < -0.4 is 10.6 Å². The van der Waals surface area contributed by atoms with Gasteiger partial charge in [-0.1, -0.05) is 18.2 Å². The summed E-state index contributed by atoms with van der Waals surface area (Å²) in [5.74, 6) is 0.944. The van der Waals surface area contributed by atoms with Crippen molar-refractivity contribution in [3.05, 3.63) is 66.1 Å². The predicted molar refractivity (Wildman–Crippen MR) is 91.1 cm³/mol. The average molecular weight is 320 g/mol. The van der Waals surface area contributed by atoms with Gasteiger partial charge < -0.3 is 10.6 Å². The van der Waals surface area contributed by atoms with E-state index in [-0.39, 0.29) is 5.78 Å². The molecule has 0 aliphatic heterocycles. The first-order valence-corrected chi connectivity index (χ1v) is 7.42. The molecule has 7 nitrogen and oxygen atoms in total. The van der Waals surface area contributed by atoms with Crippen molar-refractivity contribution in [2.45, 2.75) is 13.5 Å². The first-order valence-electron chi connectivity index (χ1n) is 7.42. The minimum atomic E-state index is 0.0113. The molecule has 7 heteroatoms. The van der Waals surface area contributed by atoms with Gasteiger partial charge in [0.1, 0.15) is 0 Å². The number of benzene rings is 1. The zero-order valence-electron chi connectivity index (χ0n) is 13.1. The summed E-state index contributed by atoms with van der Waals surface area (Å²) in [6.07, 6.45) is 3.25. The van der Waals surface area contributed by atoms with Crippen molar-refractivity contribution in [2.75, 3.05) is 10.6 Å². The quantitative estimate of drug-likeness (QED) is 0.675. The summed E-state index contributed by atoms with van der Waals surface area (Å²) >= 11 is 0. The largest absolute Gasteiger partial charge is 0.347 e. The summed E-state index contributed by atoms with van der Waals surface area (Å²) in [5, 5.41) is 14.1. The van der Waals surface area contributed by atoms with E-state index >= 15 is 0 Å².